The summed E-state index contributed by atoms with van der Waals surface area (Å²) in [5.74, 6) is 0.797. The molecule has 0 fully saturated rings. The molecule has 2 unspecified atom stereocenters. The first-order valence-electron chi connectivity index (χ1n) is 6.91. The summed E-state index contributed by atoms with van der Waals surface area (Å²) < 4.78 is 0. The van der Waals surface area contributed by atoms with Gasteiger partial charge in [0, 0.05) is 37.6 Å². The lowest BCUT2D eigenvalue weighted by Gasteiger charge is -2.30. The monoisotopic (exact) mass is 265 g/mol. The Morgan fingerprint density at radius 3 is 2.21 bits per heavy atom. The Balaban J connectivity index is 2.76. The van der Waals surface area contributed by atoms with Crippen LogP contribution in [0.3, 0.4) is 0 Å². The van der Waals surface area contributed by atoms with Crippen LogP contribution in [0.15, 0.2) is 12.4 Å². The summed E-state index contributed by atoms with van der Waals surface area (Å²) >= 11 is 0. The molecule has 0 bridgehead atoms. The minimum atomic E-state index is 0.143. The minimum absolute atomic E-state index is 0.143. The van der Waals surface area contributed by atoms with Gasteiger partial charge in [0.1, 0.15) is 0 Å². The molecule has 1 aromatic rings. The summed E-state index contributed by atoms with van der Waals surface area (Å²) in [6.07, 6.45) is 4.59. The highest BCUT2D eigenvalue weighted by atomic mass is 15.3. The fraction of sp³-hybridized carbons (Fsp3) is 0.714. The van der Waals surface area contributed by atoms with Gasteiger partial charge in [0.05, 0.1) is 0 Å². The zero-order chi connectivity index (χ0) is 14.4. The third kappa shape index (κ3) is 5.12. The predicted octanol–water partition coefficient (Wildman–Crippen LogP) is 1.14. The van der Waals surface area contributed by atoms with E-state index in [4.69, 9.17) is 5.73 Å². The molecule has 1 aromatic heterocycles. The highest BCUT2D eigenvalue weighted by Gasteiger charge is 2.15. The van der Waals surface area contributed by atoms with Crippen molar-refractivity contribution in [3.63, 3.8) is 0 Å². The lowest BCUT2D eigenvalue weighted by atomic mass is 10.1. The molecule has 2 N–H and O–H groups in total. The molecule has 0 aliphatic carbocycles. The SMILES string of the molecule is CCN(c1ncc(CC(C)N)cn1)C(C)CN(C)C. The molecule has 5 nitrogen and oxygen atoms in total. The smallest absolute Gasteiger partial charge is 0.225 e. The maximum absolute atomic E-state index is 5.78. The van der Waals surface area contributed by atoms with Gasteiger partial charge in [-0.3, -0.25) is 0 Å². The molecule has 0 spiro atoms. The van der Waals surface area contributed by atoms with Crippen LogP contribution in [0.1, 0.15) is 26.3 Å². The summed E-state index contributed by atoms with van der Waals surface area (Å²) in [5, 5.41) is 0. The lowest BCUT2D eigenvalue weighted by Crippen LogP contribution is -2.41. The number of anilines is 1. The van der Waals surface area contributed by atoms with Gasteiger partial charge in [0.15, 0.2) is 0 Å². The molecule has 0 saturated heterocycles. The van der Waals surface area contributed by atoms with E-state index in [2.05, 4.69) is 47.7 Å². The van der Waals surface area contributed by atoms with Crippen LogP contribution < -0.4 is 10.6 Å². The first kappa shape index (κ1) is 15.9. The van der Waals surface area contributed by atoms with Gasteiger partial charge in [-0.15, -0.1) is 0 Å². The number of nitrogens with two attached hydrogens (primary N) is 1. The van der Waals surface area contributed by atoms with E-state index in [-0.39, 0.29) is 6.04 Å². The third-order valence-electron chi connectivity index (χ3n) is 3.01. The zero-order valence-electron chi connectivity index (χ0n) is 12.8. The summed E-state index contributed by atoms with van der Waals surface area (Å²) in [5.41, 5.74) is 6.87. The molecule has 108 valence electrons. The third-order valence-corrected chi connectivity index (χ3v) is 3.01. The van der Waals surface area contributed by atoms with Crippen molar-refractivity contribution in [2.24, 2.45) is 5.73 Å². The number of nitrogens with zero attached hydrogens (tertiary/aromatic N) is 4. The van der Waals surface area contributed by atoms with Gasteiger partial charge in [-0.2, -0.15) is 0 Å². The van der Waals surface area contributed by atoms with Crippen molar-refractivity contribution in [3.8, 4) is 0 Å². The van der Waals surface area contributed by atoms with Crippen molar-refractivity contribution in [1.82, 2.24) is 14.9 Å². The van der Waals surface area contributed by atoms with Gasteiger partial charge in [-0.1, -0.05) is 0 Å². The number of hydrogen-bond acceptors (Lipinski definition) is 5. The first-order valence-corrected chi connectivity index (χ1v) is 6.91. The van der Waals surface area contributed by atoms with E-state index in [1.54, 1.807) is 0 Å². The molecule has 0 aromatic carbocycles. The van der Waals surface area contributed by atoms with E-state index >= 15 is 0 Å². The molecule has 5 heteroatoms. The molecule has 1 heterocycles. The fourth-order valence-corrected chi connectivity index (χ4v) is 2.25. The van der Waals surface area contributed by atoms with Crippen molar-refractivity contribution in [2.45, 2.75) is 39.3 Å². The van der Waals surface area contributed by atoms with E-state index in [1.807, 2.05) is 19.3 Å². The summed E-state index contributed by atoms with van der Waals surface area (Å²) in [6, 6.07) is 0.531. The van der Waals surface area contributed by atoms with Crippen molar-refractivity contribution in [2.75, 3.05) is 32.1 Å². The average molecular weight is 265 g/mol. The van der Waals surface area contributed by atoms with Crippen LogP contribution in [0.5, 0.6) is 0 Å². The minimum Gasteiger partial charge on any atom is -0.337 e. The van der Waals surface area contributed by atoms with Crippen LogP contribution in [0.2, 0.25) is 0 Å². The van der Waals surface area contributed by atoms with Crippen LogP contribution in [0, 0.1) is 0 Å². The van der Waals surface area contributed by atoms with E-state index in [0.717, 1.165) is 31.0 Å². The largest absolute Gasteiger partial charge is 0.337 e. The molecule has 0 aliphatic rings. The fourth-order valence-electron chi connectivity index (χ4n) is 2.25. The van der Waals surface area contributed by atoms with Crippen molar-refractivity contribution in [1.29, 1.82) is 0 Å². The Labute approximate surface area is 116 Å². The van der Waals surface area contributed by atoms with E-state index in [9.17, 15) is 0 Å². The topological polar surface area (TPSA) is 58.3 Å². The van der Waals surface area contributed by atoms with Crippen molar-refractivity contribution < 1.29 is 0 Å². The van der Waals surface area contributed by atoms with Crippen LogP contribution in [-0.2, 0) is 6.42 Å². The molecule has 0 amide bonds. The number of rotatable bonds is 7. The Kier molecular flexibility index (Phi) is 6.18. The van der Waals surface area contributed by atoms with Crippen LogP contribution in [-0.4, -0.2) is 54.1 Å². The quantitative estimate of drug-likeness (QED) is 0.801. The second-order valence-corrected chi connectivity index (χ2v) is 5.47. The Bertz CT molecular complexity index is 361. The zero-order valence-corrected chi connectivity index (χ0v) is 12.8. The molecule has 2 atom stereocenters. The highest BCUT2D eigenvalue weighted by molar-refractivity contribution is 5.31. The molecular weight excluding hydrogens is 238 g/mol. The summed E-state index contributed by atoms with van der Waals surface area (Å²) in [6.45, 7) is 8.21. The number of aromatic nitrogens is 2. The molecule has 0 radical (unpaired) electrons. The second kappa shape index (κ2) is 7.40. The number of likely N-dealkylation sites (N-methyl/N-ethyl adjacent to an activating group) is 2. The second-order valence-electron chi connectivity index (χ2n) is 5.47. The molecule has 1 rings (SSSR count). The first-order chi connectivity index (χ1) is 8.93. The van der Waals surface area contributed by atoms with Crippen LogP contribution in [0.25, 0.3) is 0 Å². The van der Waals surface area contributed by atoms with E-state index in [0.29, 0.717) is 6.04 Å². The van der Waals surface area contributed by atoms with Gasteiger partial charge >= 0.3 is 0 Å². The van der Waals surface area contributed by atoms with Gasteiger partial charge in [-0.05, 0) is 46.9 Å². The maximum atomic E-state index is 5.78. The lowest BCUT2D eigenvalue weighted by molar-refractivity contribution is 0.371. The van der Waals surface area contributed by atoms with E-state index < -0.39 is 0 Å². The standard InChI is InChI=1S/C14H27N5/c1-6-19(12(3)10-18(4)5)14-16-8-13(9-17-14)7-11(2)15/h8-9,11-12H,6-7,10,15H2,1-5H3. The van der Waals surface area contributed by atoms with Crippen LogP contribution in [0.4, 0.5) is 5.95 Å². The van der Waals surface area contributed by atoms with Crippen LogP contribution >= 0.6 is 0 Å². The van der Waals surface area contributed by atoms with E-state index in [1.165, 1.54) is 0 Å². The summed E-state index contributed by atoms with van der Waals surface area (Å²) in [4.78, 5) is 13.3. The highest BCUT2D eigenvalue weighted by Crippen LogP contribution is 2.12. The van der Waals surface area contributed by atoms with Crippen molar-refractivity contribution in [3.05, 3.63) is 18.0 Å². The van der Waals surface area contributed by atoms with Crippen molar-refractivity contribution >= 4 is 5.95 Å². The number of hydrogen-bond donors (Lipinski definition) is 1. The molecule has 0 saturated carbocycles. The molecule has 19 heavy (non-hydrogen) atoms. The predicted molar refractivity (Wildman–Crippen MR) is 80.4 cm³/mol. The van der Waals surface area contributed by atoms with Gasteiger partial charge in [0.2, 0.25) is 5.95 Å². The Morgan fingerprint density at radius 2 is 1.79 bits per heavy atom. The Morgan fingerprint density at radius 1 is 1.21 bits per heavy atom. The molecular formula is C14H27N5. The normalized spacial score (nSPS) is 14.5. The Hall–Kier alpha value is -1.20. The van der Waals surface area contributed by atoms with Gasteiger partial charge in [0.25, 0.3) is 0 Å². The maximum Gasteiger partial charge on any atom is 0.225 e. The average Bonchev–Trinajstić information content (AvgIpc) is 2.30. The molecule has 0 aliphatic heterocycles. The summed E-state index contributed by atoms with van der Waals surface area (Å²) in [7, 11) is 4.16. The van der Waals surface area contributed by atoms with Gasteiger partial charge in [-0.25, -0.2) is 9.97 Å². The van der Waals surface area contributed by atoms with Gasteiger partial charge < -0.3 is 15.5 Å².